The molecule has 2 heterocycles. The van der Waals surface area contributed by atoms with E-state index in [4.69, 9.17) is 10.5 Å². The first-order valence-corrected chi connectivity index (χ1v) is 13.4. The maximum absolute atomic E-state index is 15.3. The fourth-order valence-electron chi connectivity index (χ4n) is 5.18. The van der Waals surface area contributed by atoms with E-state index in [-0.39, 0.29) is 30.2 Å². The van der Waals surface area contributed by atoms with Gasteiger partial charge in [-0.1, -0.05) is 30.3 Å². The molecule has 1 aliphatic rings. The van der Waals surface area contributed by atoms with Gasteiger partial charge in [0.05, 0.1) is 11.6 Å². The summed E-state index contributed by atoms with van der Waals surface area (Å²) < 4.78 is 36.0. The lowest BCUT2D eigenvalue weighted by Crippen LogP contribution is -2.28. The van der Waals surface area contributed by atoms with E-state index in [9.17, 15) is 18.8 Å². The molecule has 5 aromatic rings. The molecule has 0 radical (unpaired) electrons. The number of nitrogens with zero attached hydrogens (tertiary/aromatic N) is 2. The summed E-state index contributed by atoms with van der Waals surface area (Å²) in [5.74, 6) is -1.79. The lowest BCUT2D eigenvalue weighted by Gasteiger charge is -2.14. The molecule has 1 aliphatic carbocycles. The largest absolute Gasteiger partial charge is 0.452 e. The van der Waals surface area contributed by atoms with Crippen LogP contribution in [0, 0.1) is 17.0 Å². The van der Waals surface area contributed by atoms with E-state index in [0.717, 1.165) is 0 Å². The molecule has 2 aromatic heterocycles. The van der Waals surface area contributed by atoms with Crippen LogP contribution in [0.2, 0.25) is 0 Å². The minimum absolute atomic E-state index is 0.0438. The van der Waals surface area contributed by atoms with Crippen molar-refractivity contribution in [3.05, 3.63) is 120 Å². The molecule has 0 aliphatic heterocycles. The van der Waals surface area contributed by atoms with Crippen LogP contribution in [0.1, 0.15) is 34.3 Å². The summed E-state index contributed by atoms with van der Waals surface area (Å²) in [6.45, 7) is 0. The van der Waals surface area contributed by atoms with Gasteiger partial charge in [0.25, 0.3) is 0 Å². The highest BCUT2D eigenvalue weighted by molar-refractivity contribution is 6.11. The molecule has 7 nitrogen and oxygen atoms in total. The molecule has 2 N–H and O–H groups in total. The van der Waals surface area contributed by atoms with E-state index in [1.54, 1.807) is 41.0 Å². The van der Waals surface area contributed by atoms with Gasteiger partial charge in [-0.3, -0.25) is 14.4 Å². The smallest absolute Gasteiger partial charge is 0.248 e. The molecule has 0 bridgehead atoms. The number of aromatic nitrogens is 2. The number of hydrogen-bond acceptors (Lipinski definition) is 5. The Morgan fingerprint density at radius 3 is 2.26 bits per heavy atom. The Hall–Kier alpha value is -5.18. The Labute approximate surface area is 239 Å². The number of fused-ring (bicyclic) bond motifs is 1. The zero-order chi connectivity index (χ0) is 29.4. The fourth-order valence-corrected chi connectivity index (χ4v) is 5.18. The minimum atomic E-state index is -1.07. The van der Waals surface area contributed by atoms with Crippen molar-refractivity contribution >= 4 is 23.0 Å². The maximum Gasteiger partial charge on any atom is 0.248 e. The lowest BCUT2D eigenvalue weighted by atomic mass is 9.88. The molecule has 1 saturated carbocycles. The third-order valence-corrected chi connectivity index (χ3v) is 7.65. The molecule has 6 rings (SSSR count). The Morgan fingerprint density at radius 1 is 0.857 bits per heavy atom. The van der Waals surface area contributed by atoms with Gasteiger partial charge in [-0.05, 0) is 72.0 Å². The van der Waals surface area contributed by atoms with Gasteiger partial charge in [-0.25, -0.2) is 13.3 Å². The van der Waals surface area contributed by atoms with Crippen LogP contribution in [0.15, 0.2) is 91.3 Å². The van der Waals surface area contributed by atoms with Gasteiger partial charge in [-0.2, -0.15) is 5.10 Å². The number of Topliss-reactive ketones (excluding diaryl/α,β-unsaturated/α-hetero) is 2. The van der Waals surface area contributed by atoms with Crippen molar-refractivity contribution in [1.82, 2.24) is 9.61 Å². The zero-order valence-corrected chi connectivity index (χ0v) is 22.3. The van der Waals surface area contributed by atoms with Crippen LogP contribution >= 0.6 is 0 Å². The highest BCUT2D eigenvalue weighted by atomic mass is 19.1. The number of hydrogen-bond donors (Lipinski definition) is 1. The standard InChI is InChI=1S/C33H25F2N3O4/c34-24-7-4-20(5-8-24)17-29(39)33(12-13-33)30(40)18-21-6-9-27(26(35)16-21)42-28-10-14-37-38-15-11-25(31(28)38)22-2-1-3-23(19-22)32(36)41/h1-11,14-16,19H,12-13,17-18H2,(H2,36,41). The zero-order valence-electron chi connectivity index (χ0n) is 22.3. The topological polar surface area (TPSA) is 104 Å². The predicted molar refractivity (Wildman–Crippen MR) is 151 cm³/mol. The third-order valence-electron chi connectivity index (χ3n) is 7.65. The van der Waals surface area contributed by atoms with Crippen molar-refractivity contribution in [2.24, 2.45) is 11.1 Å². The normalized spacial score (nSPS) is 13.6. The molecule has 0 saturated heterocycles. The molecule has 1 amide bonds. The minimum Gasteiger partial charge on any atom is -0.452 e. The van der Waals surface area contributed by atoms with Crippen LogP contribution in [0.3, 0.4) is 0 Å². The Bertz CT molecular complexity index is 1860. The van der Waals surface area contributed by atoms with Crippen LogP contribution < -0.4 is 10.5 Å². The van der Waals surface area contributed by atoms with Crippen LogP contribution in [0.4, 0.5) is 8.78 Å². The molecule has 0 spiro atoms. The Balaban J connectivity index is 1.20. The summed E-state index contributed by atoms with van der Waals surface area (Å²) >= 11 is 0. The highest BCUT2D eigenvalue weighted by Gasteiger charge is 2.54. The summed E-state index contributed by atoms with van der Waals surface area (Å²) in [5, 5.41) is 4.30. The summed E-state index contributed by atoms with van der Waals surface area (Å²) in [4.78, 5) is 37.8. The van der Waals surface area contributed by atoms with E-state index in [1.165, 1.54) is 42.6 Å². The van der Waals surface area contributed by atoms with E-state index in [2.05, 4.69) is 5.10 Å². The van der Waals surface area contributed by atoms with Gasteiger partial charge >= 0.3 is 0 Å². The quantitative estimate of drug-likeness (QED) is 0.213. The second kappa shape index (κ2) is 10.7. The molecule has 1 fully saturated rings. The summed E-state index contributed by atoms with van der Waals surface area (Å²) in [6.07, 6.45) is 4.11. The first-order valence-electron chi connectivity index (χ1n) is 13.4. The number of ketones is 2. The van der Waals surface area contributed by atoms with E-state index < -0.39 is 23.0 Å². The van der Waals surface area contributed by atoms with Gasteiger partial charge in [0.1, 0.15) is 11.3 Å². The van der Waals surface area contributed by atoms with Crippen molar-refractivity contribution in [1.29, 1.82) is 0 Å². The number of carbonyl (C=O) groups excluding carboxylic acids is 3. The summed E-state index contributed by atoms with van der Waals surface area (Å²) in [5.41, 5.74) is 7.78. The number of primary amides is 1. The van der Waals surface area contributed by atoms with Crippen LogP contribution in [0.5, 0.6) is 11.5 Å². The van der Waals surface area contributed by atoms with Crippen molar-refractivity contribution in [2.75, 3.05) is 0 Å². The van der Waals surface area contributed by atoms with Gasteiger partial charge in [0.2, 0.25) is 5.91 Å². The number of amides is 1. The molecular weight excluding hydrogens is 540 g/mol. The summed E-state index contributed by atoms with van der Waals surface area (Å²) in [7, 11) is 0. The Morgan fingerprint density at radius 2 is 1.57 bits per heavy atom. The van der Waals surface area contributed by atoms with E-state index in [0.29, 0.717) is 51.9 Å². The van der Waals surface area contributed by atoms with Crippen LogP contribution in [-0.2, 0) is 22.4 Å². The molecule has 0 unspecified atom stereocenters. The fraction of sp³-hybridized carbons (Fsp3) is 0.152. The number of carbonyl (C=O) groups is 3. The first kappa shape index (κ1) is 27.0. The van der Waals surface area contributed by atoms with Crippen molar-refractivity contribution in [3.63, 3.8) is 0 Å². The van der Waals surface area contributed by atoms with Crippen molar-refractivity contribution in [2.45, 2.75) is 25.7 Å². The van der Waals surface area contributed by atoms with Crippen molar-refractivity contribution in [3.8, 4) is 22.6 Å². The SMILES string of the molecule is NC(=O)c1cccc(-c2ccn3nccc(Oc4ccc(CC(=O)C5(C(=O)Cc6ccc(F)cc6)CC5)cc4F)c23)c1. The van der Waals surface area contributed by atoms with E-state index >= 15 is 4.39 Å². The molecular formula is C33H25F2N3O4. The van der Waals surface area contributed by atoms with Crippen LogP contribution in [-0.4, -0.2) is 27.1 Å². The van der Waals surface area contributed by atoms with E-state index in [1.807, 2.05) is 12.1 Å². The number of ether oxygens (including phenoxy) is 1. The van der Waals surface area contributed by atoms with Gasteiger partial charge in [0, 0.05) is 36.2 Å². The maximum atomic E-state index is 15.3. The Kier molecular flexibility index (Phi) is 6.86. The molecule has 0 atom stereocenters. The summed E-state index contributed by atoms with van der Waals surface area (Å²) in [6, 6.07) is 20.2. The number of halogens is 2. The molecule has 210 valence electrons. The van der Waals surface area contributed by atoms with Gasteiger partial charge in [0.15, 0.2) is 28.9 Å². The second-order valence-corrected chi connectivity index (χ2v) is 10.4. The third kappa shape index (κ3) is 5.16. The predicted octanol–water partition coefficient (Wildman–Crippen LogP) is 5.87. The van der Waals surface area contributed by atoms with Gasteiger partial charge in [-0.15, -0.1) is 0 Å². The lowest BCUT2D eigenvalue weighted by molar-refractivity contribution is -0.133. The monoisotopic (exact) mass is 565 g/mol. The van der Waals surface area contributed by atoms with Gasteiger partial charge < -0.3 is 10.5 Å². The molecule has 42 heavy (non-hydrogen) atoms. The average Bonchev–Trinajstić information content (AvgIpc) is 3.69. The average molecular weight is 566 g/mol. The first-order chi connectivity index (χ1) is 20.2. The number of nitrogens with two attached hydrogens (primary N) is 1. The number of rotatable bonds is 10. The molecule has 3 aromatic carbocycles. The van der Waals surface area contributed by atoms with Crippen molar-refractivity contribution < 1.29 is 27.9 Å². The second-order valence-electron chi connectivity index (χ2n) is 10.4. The van der Waals surface area contributed by atoms with Crippen LogP contribution in [0.25, 0.3) is 16.6 Å². The molecule has 9 heteroatoms. The number of benzene rings is 3. The highest BCUT2D eigenvalue weighted by Crippen LogP contribution is 2.49.